The quantitative estimate of drug-likeness (QED) is 0.598. The third-order valence-electron chi connectivity index (χ3n) is 3.18. The Balaban J connectivity index is 2.40. The molecule has 0 saturated heterocycles. The van der Waals surface area contributed by atoms with Gasteiger partial charge in [-0.15, -0.1) is 11.3 Å². The number of halogens is 1. The lowest BCUT2D eigenvalue weighted by molar-refractivity contribution is -0.143. The fraction of sp³-hybridized carbons (Fsp3) is 0.188. The predicted octanol–water partition coefficient (Wildman–Crippen LogP) is 2.55. The summed E-state index contributed by atoms with van der Waals surface area (Å²) in [4.78, 5) is 9.83. The van der Waals surface area contributed by atoms with Crippen LogP contribution in [0.25, 0.3) is 0 Å². The van der Waals surface area contributed by atoms with Crippen molar-refractivity contribution in [1.82, 2.24) is 0 Å². The van der Waals surface area contributed by atoms with Gasteiger partial charge in [0.05, 0.1) is 17.3 Å². The van der Waals surface area contributed by atoms with E-state index in [2.05, 4.69) is 32.5 Å². The van der Waals surface area contributed by atoms with Gasteiger partial charge in [-0.1, -0.05) is 30.0 Å². The first-order valence-corrected chi connectivity index (χ1v) is 9.82. The Kier molecular flexibility index (Phi) is 5.83. The molecule has 0 radical (unpaired) electrons. The van der Waals surface area contributed by atoms with Crippen LogP contribution < -0.4 is 5.73 Å². The van der Waals surface area contributed by atoms with E-state index in [9.17, 15) is 13.2 Å². The number of carbonyl (C=O) groups excluding carboxylic acids is 1. The van der Waals surface area contributed by atoms with Crippen molar-refractivity contribution < 1.29 is 17.9 Å². The molecule has 0 spiro atoms. The molecule has 0 aliphatic heterocycles. The first-order valence-electron chi connectivity index (χ1n) is 6.72. The summed E-state index contributed by atoms with van der Waals surface area (Å²) >= 11 is 4.17. The van der Waals surface area contributed by atoms with E-state index in [1.54, 1.807) is 30.3 Å². The van der Waals surface area contributed by atoms with E-state index < -0.39 is 20.7 Å². The molecule has 0 bridgehead atoms. The van der Waals surface area contributed by atoms with Crippen LogP contribution in [0.2, 0.25) is 0 Å². The molecule has 0 aliphatic rings. The number of hydrogen-bond acceptors (Lipinski definition) is 6. The maximum absolute atomic E-state index is 12.8. The second-order valence-electron chi connectivity index (χ2n) is 4.79. The van der Waals surface area contributed by atoms with Crippen molar-refractivity contribution in [2.45, 2.75) is 15.5 Å². The van der Waals surface area contributed by atoms with Crippen LogP contribution in [0.1, 0.15) is 12.0 Å². The third kappa shape index (κ3) is 3.70. The van der Waals surface area contributed by atoms with Gasteiger partial charge in [0, 0.05) is 5.56 Å². The van der Waals surface area contributed by atoms with E-state index in [1.165, 1.54) is 6.07 Å². The number of ether oxygens (including phenoxy) is 1. The summed E-state index contributed by atoms with van der Waals surface area (Å²) in [7, 11) is -3.06. The zero-order valence-corrected chi connectivity index (χ0v) is 15.9. The number of methoxy groups -OCH3 is 1. The van der Waals surface area contributed by atoms with Crippen molar-refractivity contribution in [1.29, 1.82) is 0 Å². The molecule has 1 unspecified atom stereocenters. The smallest absolute Gasteiger partial charge is 0.343 e. The van der Waals surface area contributed by atoms with E-state index in [-0.39, 0.29) is 10.6 Å². The average Bonchev–Trinajstić information content (AvgIpc) is 3.02. The van der Waals surface area contributed by atoms with E-state index in [4.69, 9.17) is 5.73 Å². The summed E-state index contributed by atoms with van der Waals surface area (Å²) < 4.78 is 30.8. The highest BCUT2D eigenvalue weighted by Crippen LogP contribution is 2.33. The van der Waals surface area contributed by atoms with Gasteiger partial charge in [-0.25, -0.2) is 13.2 Å². The lowest BCUT2D eigenvalue weighted by Crippen LogP contribution is -2.54. The van der Waals surface area contributed by atoms with Gasteiger partial charge in [0.25, 0.3) is 0 Å². The number of hydrogen-bond donors (Lipinski definition) is 1. The molecule has 2 N–H and O–H groups in total. The zero-order valence-electron chi connectivity index (χ0n) is 12.7. The maximum Gasteiger partial charge on any atom is 0.343 e. The first kappa shape index (κ1) is 18.7. The van der Waals surface area contributed by atoms with E-state index in [1.807, 2.05) is 6.07 Å². The zero-order chi connectivity index (χ0) is 17.8. The Bertz CT molecular complexity index is 897. The first-order chi connectivity index (χ1) is 11.3. The summed E-state index contributed by atoms with van der Waals surface area (Å²) in [5.74, 6) is 4.43. The Hall–Kier alpha value is -1.66. The summed E-state index contributed by atoms with van der Waals surface area (Å²) in [5.41, 5.74) is 6.66. The van der Waals surface area contributed by atoms with Gasteiger partial charge in [0.2, 0.25) is 14.7 Å². The van der Waals surface area contributed by atoms with E-state index in [0.717, 1.165) is 18.4 Å². The van der Waals surface area contributed by atoms with Gasteiger partial charge in [-0.2, -0.15) is 0 Å². The summed E-state index contributed by atoms with van der Waals surface area (Å²) in [6, 6.07) is 12.0. The standard InChI is InChI=1S/C16H14BrNO4S2/c1-22-15(19)16(18,11-5-8-12-6-3-2-4-7-12)24(20,21)14-10-9-13(17)23-14/h2-4,6-7,9-10H,11,18H2,1H3. The molecule has 24 heavy (non-hydrogen) atoms. The Morgan fingerprint density at radius 2 is 1.96 bits per heavy atom. The minimum atomic E-state index is -4.16. The Morgan fingerprint density at radius 1 is 1.29 bits per heavy atom. The molecule has 8 heteroatoms. The van der Waals surface area contributed by atoms with Crippen molar-refractivity contribution in [3.63, 3.8) is 0 Å². The Labute approximate surface area is 152 Å². The molecule has 0 fully saturated rings. The van der Waals surface area contributed by atoms with Crippen LogP contribution in [0, 0.1) is 11.8 Å². The number of nitrogens with two attached hydrogens (primary N) is 1. The highest BCUT2D eigenvalue weighted by Gasteiger charge is 2.49. The van der Waals surface area contributed by atoms with Gasteiger partial charge in [0.1, 0.15) is 4.21 Å². The molecule has 0 aliphatic carbocycles. The summed E-state index contributed by atoms with van der Waals surface area (Å²) in [6.45, 7) is 0. The molecule has 2 aromatic rings. The predicted molar refractivity (Wildman–Crippen MR) is 96.1 cm³/mol. The maximum atomic E-state index is 12.8. The fourth-order valence-corrected chi connectivity index (χ4v) is 5.64. The molecule has 1 aromatic heterocycles. The van der Waals surface area contributed by atoms with Crippen molar-refractivity contribution in [2.75, 3.05) is 7.11 Å². The van der Waals surface area contributed by atoms with Crippen LogP contribution in [-0.4, -0.2) is 26.4 Å². The van der Waals surface area contributed by atoms with Crippen molar-refractivity contribution in [2.24, 2.45) is 5.73 Å². The summed E-state index contributed by atoms with van der Waals surface area (Å²) in [5, 5.41) is 0. The minimum absolute atomic E-state index is 0.0243. The second-order valence-corrected chi connectivity index (χ2v) is 9.68. The molecule has 2 rings (SSSR count). The molecule has 0 amide bonds. The van der Waals surface area contributed by atoms with Gasteiger partial charge >= 0.3 is 5.97 Å². The van der Waals surface area contributed by atoms with Gasteiger partial charge in [0.15, 0.2) is 0 Å². The molecule has 0 saturated carbocycles. The van der Waals surface area contributed by atoms with E-state index >= 15 is 0 Å². The molecular weight excluding hydrogens is 414 g/mol. The third-order valence-corrected chi connectivity index (χ3v) is 7.44. The molecule has 1 atom stereocenters. The second kappa shape index (κ2) is 7.49. The topological polar surface area (TPSA) is 86.5 Å². The number of esters is 1. The van der Waals surface area contributed by atoms with Crippen molar-refractivity contribution >= 4 is 43.1 Å². The molecular formula is C16H14BrNO4S2. The molecule has 1 heterocycles. The van der Waals surface area contributed by atoms with Gasteiger partial charge in [-0.05, 0) is 40.2 Å². The average molecular weight is 428 g/mol. The van der Waals surface area contributed by atoms with Crippen LogP contribution in [0.3, 0.4) is 0 Å². The highest BCUT2D eigenvalue weighted by molar-refractivity contribution is 9.11. The highest BCUT2D eigenvalue weighted by atomic mass is 79.9. The molecule has 126 valence electrons. The van der Waals surface area contributed by atoms with E-state index in [0.29, 0.717) is 9.35 Å². The van der Waals surface area contributed by atoms with Crippen LogP contribution >= 0.6 is 27.3 Å². The van der Waals surface area contributed by atoms with Gasteiger partial charge in [-0.3, -0.25) is 0 Å². The van der Waals surface area contributed by atoms with Crippen LogP contribution in [0.5, 0.6) is 0 Å². The lowest BCUT2D eigenvalue weighted by atomic mass is 10.2. The monoisotopic (exact) mass is 427 g/mol. The summed E-state index contributed by atoms with van der Waals surface area (Å²) in [6.07, 6.45) is -0.383. The number of thiophene rings is 1. The van der Waals surface area contributed by atoms with Gasteiger partial charge < -0.3 is 10.5 Å². The number of rotatable bonds is 4. The van der Waals surface area contributed by atoms with Crippen molar-refractivity contribution in [3.05, 3.63) is 51.8 Å². The number of carbonyl (C=O) groups is 1. The molecule has 5 nitrogen and oxygen atoms in total. The normalized spacial score (nSPS) is 13.5. The SMILES string of the molecule is COC(=O)C(N)(CC#Cc1ccccc1)S(=O)(=O)c1ccc(Br)s1. The number of sulfone groups is 1. The number of benzene rings is 1. The molecule has 1 aromatic carbocycles. The fourth-order valence-electron chi connectivity index (χ4n) is 1.87. The van der Waals surface area contributed by atoms with Crippen LogP contribution in [-0.2, 0) is 19.4 Å². The minimum Gasteiger partial charge on any atom is -0.467 e. The van der Waals surface area contributed by atoms with Crippen LogP contribution in [0.4, 0.5) is 0 Å². The Morgan fingerprint density at radius 3 is 2.50 bits per heavy atom. The van der Waals surface area contributed by atoms with Crippen LogP contribution in [0.15, 0.2) is 50.5 Å². The lowest BCUT2D eigenvalue weighted by Gasteiger charge is -2.23. The van der Waals surface area contributed by atoms with Crippen molar-refractivity contribution in [3.8, 4) is 11.8 Å². The largest absolute Gasteiger partial charge is 0.467 e.